The van der Waals surface area contributed by atoms with E-state index in [4.69, 9.17) is 4.74 Å². The first-order valence-corrected chi connectivity index (χ1v) is 18.5. The molecule has 2 aromatic carbocycles. The van der Waals surface area contributed by atoms with E-state index in [1.807, 2.05) is 13.0 Å². The number of carbonyl (C=O) groups is 2. The molecule has 0 radical (unpaired) electrons. The van der Waals surface area contributed by atoms with Crippen molar-refractivity contribution < 1.29 is 19.4 Å². The van der Waals surface area contributed by atoms with Gasteiger partial charge in [0.05, 0.1) is 5.56 Å². The summed E-state index contributed by atoms with van der Waals surface area (Å²) in [5.41, 5.74) is 3.76. The van der Waals surface area contributed by atoms with Gasteiger partial charge in [-0.25, -0.2) is 4.79 Å². The summed E-state index contributed by atoms with van der Waals surface area (Å²) in [6.45, 7) is 8.71. The summed E-state index contributed by atoms with van der Waals surface area (Å²) < 4.78 is 5.37. The molecule has 0 fully saturated rings. The largest absolute Gasteiger partial charge is 0.507 e. The number of phenols is 1. The number of ether oxygens (including phenoxy) is 1. The fraction of sp³-hybridized carbons (Fsp3) is 0.650. The normalized spacial score (nSPS) is 11.0. The molecule has 0 heterocycles. The lowest BCUT2D eigenvalue weighted by Gasteiger charge is -2.26. The lowest BCUT2D eigenvalue weighted by Crippen LogP contribution is -2.26. The van der Waals surface area contributed by atoms with Crippen molar-refractivity contribution in [2.75, 3.05) is 23.3 Å². The van der Waals surface area contributed by atoms with Gasteiger partial charge in [0.2, 0.25) is 0 Å². The van der Waals surface area contributed by atoms with Crippen molar-refractivity contribution >= 4 is 23.8 Å². The number of hydrogen-bond acceptors (Lipinski definition) is 5. The number of anilines is 2. The third-order valence-electron chi connectivity index (χ3n) is 8.97. The van der Waals surface area contributed by atoms with Crippen molar-refractivity contribution in [1.29, 1.82) is 0 Å². The number of hydrogen-bond donors (Lipinski definition) is 2. The number of aldehydes is 1. The van der Waals surface area contributed by atoms with Gasteiger partial charge in [0.25, 0.3) is 0 Å². The highest BCUT2D eigenvalue weighted by molar-refractivity contribution is 5.86. The molecule has 2 N–H and O–H groups in total. The zero-order valence-electron chi connectivity index (χ0n) is 29.4. The predicted octanol–water partition coefficient (Wildman–Crippen LogP) is 11.9. The fourth-order valence-electron chi connectivity index (χ4n) is 6.01. The van der Waals surface area contributed by atoms with E-state index >= 15 is 0 Å². The summed E-state index contributed by atoms with van der Waals surface area (Å²) in [4.78, 5) is 26.0. The number of nitrogens with zero attached hydrogens (tertiary/aromatic N) is 1. The van der Waals surface area contributed by atoms with E-state index in [2.05, 4.69) is 36.2 Å². The van der Waals surface area contributed by atoms with Gasteiger partial charge in [0, 0.05) is 24.5 Å². The molecule has 0 saturated heterocycles. The average molecular weight is 637 g/mol. The average Bonchev–Trinajstić information content (AvgIpc) is 3.05. The summed E-state index contributed by atoms with van der Waals surface area (Å²) in [7, 11) is 0. The van der Waals surface area contributed by atoms with Crippen molar-refractivity contribution in [3.05, 3.63) is 53.1 Å². The first kappa shape index (κ1) is 39.2. The minimum absolute atomic E-state index is 0.00114. The Morgan fingerprint density at radius 1 is 0.717 bits per heavy atom. The quantitative estimate of drug-likeness (QED) is 0.0753. The SMILES string of the molecule is CCCCCCCCCCCCN(CCCCCCCCCCCC)c1ccc(NC(=O)OCc2ccc(C=O)c(O)c2)c(C)c1. The number of amides is 1. The summed E-state index contributed by atoms with van der Waals surface area (Å²) >= 11 is 0. The molecule has 46 heavy (non-hydrogen) atoms. The molecule has 258 valence electrons. The molecule has 0 aliphatic rings. The minimum Gasteiger partial charge on any atom is -0.507 e. The van der Waals surface area contributed by atoms with Gasteiger partial charge in [-0.3, -0.25) is 10.1 Å². The molecule has 0 aliphatic carbocycles. The first-order valence-electron chi connectivity index (χ1n) is 18.5. The van der Waals surface area contributed by atoms with E-state index in [9.17, 15) is 14.7 Å². The van der Waals surface area contributed by atoms with Gasteiger partial charge in [-0.1, -0.05) is 135 Å². The Kier molecular flexibility index (Phi) is 21.4. The third-order valence-corrected chi connectivity index (χ3v) is 8.97. The third kappa shape index (κ3) is 17.1. The zero-order valence-corrected chi connectivity index (χ0v) is 29.4. The summed E-state index contributed by atoms with van der Waals surface area (Å²) in [6, 6.07) is 10.9. The van der Waals surface area contributed by atoms with E-state index in [1.165, 1.54) is 146 Å². The highest BCUT2D eigenvalue weighted by atomic mass is 16.5. The smallest absolute Gasteiger partial charge is 0.411 e. The van der Waals surface area contributed by atoms with Crippen LogP contribution in [-0.2, 0) is 11.3 Å². The van der Waals surface area contributed by atoms with Crippen LogP contribution in [0.25, 0.3) is 0 Å². The Hall–Kier alpha value is -3.02. The number of aromatic hydroxyl groups is 1. The van der Waals surface area contributed by atoms with Gasteiger partial charge in [0.1, 0.15) is 12.4 Å². The number of benzene rings is 2. The summed E-state index contributed by atoms with van der Waals surface area (Å²) in [6.07, 6.45) is 26.8. The Labute approximate surface area is 280 Å². The van der Waals surface area contributed by atoms with Crippen LogP contribution in [0.4, 0.5) is 16.2 Å². The Bertz CT molecular complexity index is 1080. The van der Waals surface area contributed by atoms with Crippen LogP contribution in [-0.4, -0.2) is 30.6 Å². The van der Waals surface area contributed by atoms with Crippen LogP contribution in [0.5, 0.6) is 5.75 Å². The maximum absolute atomic E-state index is 12.5. The van der Waals surface area contributed by atoms with Gasteiger partial charge in [0.15, 0.2) is 6.29 Å². The lowest BCUT2D eigenvalue weighted by molar-refractivity contribution is 0.112. The number of unbranched alkanes of at least 4 members (excludes halogenated alkanes) is 18. The van der Waals surface area contributed by atoms with Crippen LogP contribution in [0, 0.1) is 6.92 Å². The number of nitrogens with one attached hydrogen (secondary N) is 1. The Balaban J connectivity index is 1.84. The van der Waals surface area contributed by atoms with Crippen molar-refractivity contribution in [3.63, 3.8) is 0 Å². The molecular formula is C40H64N2O4. The fourth-order valence-corrected chi connectivity index (χ4v) is 6.01. The standard InChI is InChI=1S/C40H64N2O4/c1-4-6-8-10-12-14-16-18-20-22-28-42(29-23-21-19-17-15-13-11-9-7-5-2)37-26-27-38(34(3)30-37)41-40(45)46-33-35-24-25-36(32-43)39(44)31-35/h24-27,30-32,44H,4-23,28-29,33H2,1-3H3,(H,41,45). The number of rotatable bonds is 27. The van der Waals surface area contributed by atoms with Crippen molar-refractivity contribution in [2.24, 2.45) is 0 Å². The van der Waals surface area contributed by atoms with Crippen LogP contribution in [0.15, 0.2) is 36.4 Å². The topological polar surface area (TPSA) is 78.9 Å². The molecule has 2 rings (SSSR count). The maximum atomic E-state index is 12.5. The van der Waals surface area contributed by atoms with E-state index in [0.29, 0.717) is 11.8 Å². The highest BCUT2D eigenvalue weighted by Crippen LogP contribution is 2.25. The summed E-state index contributed by atoms with van der Waals surface area (Å²) in [5.74, 6) is -0.122. The van der Waals surface area contributed by atoms with Crippen LogP contribution in [0.3, 0.4) is 0 Å². The van der Waals surface area contributed by atoms with E-state index < -0.39 is 6.09 Å². The highest BCUT2D eigenvalue weighted by Gasteiger charge is 2.12. The first-order chi connectivity index (χ1) is 22.5. The van der Waals surface area contributed by atoms with Gasteiger partial charge in [-0.15, -0.1) is 0 Å². The number of phenolic OH excluding ortho intramolecular Hbond substituents is 1. The van der Waals surface area contributed by atoms with Crippen molar-refractivity contribution in [1.82, 2.24) is 0 Å². The molecule has 0 unspecified atom stereocenters. The Morgan fingerprint density at radius 2 is 1.22 bits per heavy atom. The summed E-state index contributed by atoms with van der Waals surface area (Å²) in [5, 5.41) is 12.7. The van der Waals surface area contributed by atoms with Gasteiger partial charge >= 0.3 is 6.09 Å². The molecule has 0 aromatic heterocycles. The maximum Gasteiger partial charge on any atom is 0.411 e. The van der Waals surface area contributed by atoms with Crippen LogP contribution >= 0.6 is 0 Å². The molecule has 1 amide bonds. The van der Waals surface area contributed by atoms with Gasteiger partial charge < -0.3 is 14.7 Å². The second-order valence-corrected chi connectivity index (χ2v) is 13.1. The molecule has 0 atom stereocenters. The monoisotopic (exact) mass is 636 g/mol. The van der Waals surface area contributed by atoms with Gasteiger partial charge in [-0.05, 0) is 61.2 Å². The molecule has 0 aliphatic heterocycles. The van der Waals surface area contributed by atoms with Crippen molar-refractivity contribution in [3.8, 4) is 5.75 Å². The zero-order chi connectivity index (χ0) is 33.2. The number of aryl methyl sites for hydroxylation is 1. The second-order valence-electron chi connectivity index (χ2n) is 13.1. The van der Waals surface area contributed by atoms with Crippen molar-refractivity contribution in [2.45, 2.75) is 156 Å². The molecule has 0 spiro atoms. The number of carbonyl (C=O) groups excluding carboxylic acids is 2. The molecule has 2 aromatic rings. The second kappa shape index (κ2) is 25.1. The van der Waals surface area contributed by atoms with E-state index in [-0.39, 0.29) is 17.9 Å². The minimum atomic E-state index is -0.553. The molecule has 6 heteroatoms. The molecule has 0 bridgehead atoms. The molecular weight excluding hydrogens is 572 g/mol. The van der Waals surface area contributed by atoms with Crippen LogP contribution < -0.4 is 10.2 Å². The Morgan fingerprint density at radius 3 is 1.67 bits per heavy atom. The predicted molar refractivity (Wildman–Crippen MR) is 194 cm³/mol. The molecule has 6 nitrogen and oxygen atoms in total. The van der Waals surface area contributed by atoms with E-state index in [1.54, 1.807) is 6.07 Å². The van der Waals surface area contributed by atoms with E-state index in [0.717, 1.165) is 24.3 Å². The van der Waals surface area contributed by atoms with Gasteiger partial charge in [-0.2, -0.15) is 0 Å². The lowest BCUT2D eigenvalue weighted by atomic mass is 10.1. The van der Waals surface area contributed by atoms with Crippen LogP contribution in [0.1, 0.15) is 164 Å². The van der Waals surface area contributed by atoms with Crippen LogP contribution in [0.2, 0.25) is 0 Å². The molecule has 0 saturated carbocycles.